The molecular weight excluding hydrogens is 330 g/mol. The minimum absolute atomic E-state index is 0.0911. The van der Waals surface area contributed by atoms with Crippen molar-refractivity contribution >= 4 is 11.8 Å². The van der Waals surface area contributed by atoms with Gasteiger partial charge in [0.25, 0.3) is 0 Å². The highest BCUT2D eigenvalue weighted by atomic mass is 18.2. The Morgan fingerprint density at radius 1 is 1.19 bits per heavy atom. The van der Waals surface area contributed by atoms with Gasteiger partial charge in [-0.2, -0.15) is 0 Å². The molecule has 0 aliphatic carbocycles. The number of piperidine rings is 1. The molecule has 0 saturated carbocycles. The lowest BCUT2D eigenvalue weighted by Crippen LogP contribution is -2.46. The number of likely N-dealkylation sites (tertiary alicyclic amines) is 1. The summed E-state index contributed by atoms with van der Waals surface area (Å²) >= 11 is 0. The van der Waals surface area contributed by atoms with Crippen molar-refractivity contribution in [3.05, 3.63) is 65.7 Å². The van der Waals surface area contributed by atoms with E-state index < -0.39 is 12.3 Å². The molecule has 1 aliphatic heterocycles. The van der Waals surface area contributed by atoms with Gasteiger partial charge in [0.05, 0.1) is 6.54 Å². The lowest BCUT2D eigenvalue weighted by Gasteiger charge is -2.34. The monoisotopic (exact) mass is 355 g/mol. The number of aryl methyl sites for hydroxylation is 1. The molecular formula is C21H25FN2O2. The van der Waals surface area contributed by atoms with E-state index in [0.29, 0.717) is 19.5 Å². The Morgan fingerprint density at radius 3 is 2.62 bits per heavy atom. The minimum Gasteiger partial charge on any atom is -0.445 e. The SMILES string of the molecule is Cc1ccc(COC(=O)N2CCC(CNc3ccccc3)[C@H]([18F])C2)cc1. The number of para-hydroxylation sites is 1. The molecule has 1 heterocycles. The second-order valence-corrected chi connectivity index (χ2v) is 6.80. The molecule has 2 aromatic rings. The van der Waals surface area contributed by atoms with Crippen molar-refractivity contribution in [2.75, 3.05) is 25.0 Å². The number of hydrogen-bond acceptors (Lipinski definition) is 3. The van der Waals surface area contributed by atoms with E-state index in [-0.39, 0.29) is 19.1 Å². The smallest absolute Gasteiger partial charge is 0.410 e. The summed E-state index contributed by atoms with van der Waals surface area (Å²) in [7, 11) is 0. The van der Waals surface area contributed by atoms with Gasteiger partial charge in [-0.3, -0.25) is 0 Å². The predicted molar refractivity (Wildman–Crippen MR) is 101 cm³/mol. The summed E-state index contributed by atoms with van der Waals surface area (Å²) in [5.74, 6) is -0.101. The molecule has 3 rings (SSSR count). The van der Waals surface area contributed by atoms with Gasteiger partial charge in [0.2, 0.25) is 0 Å². The maximum absolute atomic E-state index is 14.5. The predicted octanol–water partition coefficient (Wildman–Crippen LogP) is 4.40. The van der Waals surface area contributed by atoms with E-state index in [1.54, 1.807) is 0 Å². The summed E-state index contributed by atoms with van der Waals surface area (Å²) < 4.78 is 19.8. The van der Waals surface area contributed by atoms with Crippen LogP contribution < -0.4 is 5.32 Å². The van der Waals surface area contributed by atoms with Crippen LogP contribution in [0.15, 0.2) is 54.6 Å². The summed E-state index contributed by atoms with van der Waals surface area (Å²) in [6.45, 7) is 3.40. The van der Waals surface area contributed by atoms with Gasteiger partial charge in [0.1, 0.15) is 12.8 Å². The van der Waals surface area contributed by atoms with Crippen LogP contribution in [0.25, 0.3) is 0 Å². The Balaban J connectivity index is 1.43. The molecule has 1 N–H and O–H groups in total. The maximum atomic E-state index is 14.5. The van der Waals surface area contributed by atoms with Crippen LogP contribution >= 0.6 is 0 Å². The van der Waals surface area contributed by atoms with Gasteiger partial charge in [-0.05, 0) is 31.0 Å². The van der Waals surface area contributed by atoms with Crippen LogP contribution in [0, 0.1) is 12.8 Å². The summed E-state index contributed by atoms with van der Waals surface area (Å²) in [5, 5.41) is 3.27. The van der Waals surface area contributed by atoms with E-state index in [4.69, 9.17) is 4.74 Å². The number of rotatable bonds is 5. The highest BCUT2D eigenvalue weighted by Gasteiger charge is 2.32. The molecule has 0 spiro atoms. The molecule has 0 bridgehead atoms. The largest absolute Gasteiger partial charge is 0.445 e. The molecule has 1 fully saturated rings. The number of ether oxygens (including phenoxy) is 1. The lowest BCUT2D eigenvalue weighted by molar-refractivity contribution is 0.0544. The zero-order valence-corrected chi connectivity index (χ0v) is 15.0. The number of benzene rings is 2. The number of carbonyl (C=O) groups excluding carboxylic acids is 1. The number of alkyl halides is 1. The van der Waals surface area contributed by atoms with Crippen molar-refractivity contribution in [1.82, 2.24) is 4.90 Å². The summed E-state index contributed by atoms with van der Waals surface area (Å²) in [5.41, 5.74) is 3.08. The molecule has 1 aliphatic rings. The van der Waals surface area contributed by atoms with Gasteiger partial charge in [-0.1, -0.05) is 48.0 Å². The van der Waals surface area contributed by atoms with Crippen LogP contribution in [0.3, 0.4) is 0 Å². The fraction of sp³-hybridized carbons (Fsp3) is 0.381. The fourth-order valence-corrected chi connectivity index (χ4v) is 3.07. The third-order valence-corrected chi connectivity index (χ3v) is 4.76. The number of nitrogens with one attached hydrogen (secondary N) is 1. The van der Waals surface area contributed by atoms with Crippen LogP contribution in [0.5, 0.6) is 0 Å². The number of hydrogen-bond donors (Lipinski definition) is 1. The Kier molecular flexibility index (Phi) is 6.10. The van der Waals surface area contributed by atoms with Crippen molar-refractivity contribution in [1.29, 1.82) is 0 Å². The quantitative estimate of drug-likeness (QED) is 0.864. The number of carbonyl (C=O) groups is 1. The van der Waals surface area contributed by atoms with Crippen LogP contribution in [0.2, 0.25) is 0 Å². The van der Waals surface area contributed by atoms with E-state index >= 15 is 0 Å². The first-order chi connectivity index (χ1) is 12.6. The zero-order valence-electron chi connectivity index (χ0n) is 15.0. The average Bonchev–Trinajstić information content (AvgIpc) is 2.67. The molecule has 138 valence electrons. The van der Waals surface area contributed by atoms with Crippen molar-refractivity contribution in [2.24, 2.45) is 5.92 Å². The molecule has 1 saturated heterocycles. The Labute approximate surface area is 154 Å². The maximum Gasteiger partial charge on any atom is 0.410 e. The molecule has 0 aromatic heterocycles. The van der Waals surface area contributed by atoms with Crippen molar-refractivity contribution < 1.29 is 13.9 Å². The molecule has 2 aromatic carbocycles. The summed E-state index contributed by atoms with van der Waals surface area (Å²) in [6, 6.07) is 17.6. The van der Waals surface area contributed by atoms with Crippen molar-refractivity contribution in [3.63, 3.8) is 0 Å². The number of amides is 1. The number of halogens is 1. The number of nitrogens with zero attached hydrogens (tertiary/aromatic N) is 1. The first kappa shape index (κ1) is 18.2. The highest BCUT2D eigenvalue weighted by molar-refractivity contribution is 5.67. The normalized spacial score (nSPS) is 19.8. The Hall–Kier alpha value is -2.56. The van der Waals surface area contributed by atoms with Gasteiger partial charge in [0.15, 0.2) is 0 Å². The van der Waals surface area contributed by atoms with Gasteiger partial charge < -0.3 is 15.0 Å². The molecule has 0 radical (unpaired) electrons. The van der Waals surface area contributed by atoms with E-state index in [1.807, 2.05) is 61.5 Å². The Bertz CT molecular complexity index is 706. The van der Waals surface area contributed by atoms with Gasteiger partial charge in [-0.15, -0.1) is 0 Å². The minimum atomic E-state index is -1.05. The summed E-state index contributed by atoms with van der Waals surface area (Å²) in [4.78, 5) is 13.7. The molecule has 2 atom stereocenters. The van der Waals surface area contributed by atoms with Gasteiger partial charge in [0, 0.05) is 24.7 Å². The molecule has 26 heavy (non-hydrogen) atoms. The van der Waals surface area contributed by atoms with Crippen LogP contribution in [0.4, 0.5) is 14.9 Å². The average molecular weight is 355 g/mol. The molecule has 5 heteroatoms. The first-order valence-electron chi connectivity index (χ1n) is 9.02. The van der Waals surface area contributed by atoms with E-state index in [0.717, 1.165) is 16.8 Å². The fourth-order valence-electron chi connectivity index (χ4n) is 3.07. The molecule has 1 unspecified atom stereocenters. The molecule has 1 amide bonds. The summed E-state index contributed by atoms with van der Waals surface area (Å²) in [6.07, 6.45) is -0.866. The van der Waals surface area contributed by atoms with Crippen molar-refractivity contribution in [3.8, 4) is 0 Å². The zero-order chi connectivity index (χ0) is 18.4. The van der Waals surface area contributed by atoms with Crippen LogP contribution in [-0.2, 0) is 11.3 Å². The van der Waals surface area contributed by atoms with Crippen LogP contribution in [-0.4, -0.2) is 36.8 Å². The molecule has 4 nitrogen and oxygen atoms in total. The second-order valence-electron chi connectivity index (χ2n) is 6.80. The van der Waals surface area contributed by atoms with E-state index in [1.165, 1.54) is 4.90 Å². The van der Waals surface area contributed by atoms with E-state index in [9.17, 15) is 9.18 Å². The second kappa shape index (κ2) is 8.70. The third-order valence-electron chi connectivity index (χ3n) is 4.76. The number of anilines is 1. The highest BCUT2D eigenvalue weighted by Crippen LogP contribution is 2.22. The van der Waals surface area contributed by atoms with Gasteiger partial charge >= 0.3 is 6.09 Å². The van der Waals surface area contributed by atoms with E-state index in [2.05, 4.69) is 5.32 Å². The van der Waals surface area contributed by atoms with Crippen molar-refractivity contribution in [2.45, 2.75) is 26.1 Å². The topological polar surface area (TPSA) is 41.6 Å². The van der Waals surface area contributed by atoms with Gasteiger partial charge in [-0.25, -0.2) is 9.18 Å². The first-order valence-corrected chi connectivity index (χ1v) is 9.02. The third kappa shape index (κ3) is 4.97. The lowest BCUT2D eigenvalue weighted by atomic mass is 9.95. The van der Waals surface area contributed by atoms with Crippen LogP contribution in [0.1, 0.15) is 17.5 Å². The standard InChI is InChI=1S/C21H25FN2O2/c1-16-7-9-17(10-8-16)15-26-21(25)24-12-11-18(20(22)14-24)13-23-19-5-3-2-4-6-19/h2-10,18,20,23H,11-15H2,1H3/t18?,20-/m1/s1/i22-1. The Morgan fingerprint density at radius 2 is 1.92 bits per heavy atom.